The minimum absolute atomic E-state index is 0.282. The summed E-state index contributed by atoms with van der Waals surface area (Å²) in [5.74, 6) is 0.282. The molecule has 2 atom stereocenters. The first-order valence-electron chi connectivity index (χ1n) is 9.75. The molecule has 2 aromatic rings. The lowest BCUT2D eigenvalue weighted by molar-refractivity contribution is -0.0192. The van der Waals surface area contributed by atoms with Gasteiger partial charge in [-0.25, -0.2) is 0 Å². The topological polar surface area (TPSA) is 23.5 Å². The highest BCUT2D eigenvalue weighted by Crippen LogP contribution is 2.42. The highest BCUT2D eigenvalue weighted by molar-refractivity contribution is 5.55. The van der Waals surface area contributed by atoms with Gasteiger partial charge >= 0.3 is 0 Å². The summed E-state index contributed by atoms with van der Waals surface area (Å²) in [5.41, 5.74) is 2.96. The number of rotatable bonds is 6. The van der Waals surface area contributed by atoms with Crippen LogP contribution in [-0.2, 0) is 6.42 Å². The van der Waals surface area contributed by atoms with Crippen LogP contribution < -0.4 is 0 Å². The van der Waals surface area contributed by atoms with Crippen molar-refractivity contribution in [2.75, 3.05) is 20.6 Å². The average Bonchev–Trinajstić information content (AvgIpc) is 2.65. The highest BCUT2D eigenvalue weighted by Gasteiger charge is 2.42. The summed E-state index contributed by atoms with van der Waals surface area (Å²) in [4.78, 5) is 2.21. The predicted molar refractivity (Wildman–Crippen MR) is 110 cm³/mol. The molecule has 0 spiro atoms. The molecule has 2 unspecified atom stereocenters. The monoisotopic (exact) mass is 349 g/mol. The predicted octanol–water partition coefficient (Wildman–Crippen LogP) is 4.80. The Bertz CT molecular complexity index is 708. The fourth-order valence-corrected chi connectivity index (χ4v) is 4.23. The minimum Gasteiger partial charge on any atom is -0.385 e. The van der Waals surface area contributed by atoms with Crippen LogP contribution in [-0.4, -0.2) is 36.2 Å². The van der Waals surface area contributed by atoms with E-state index in [2.05, 4.69) is 79.7 Å². The lowest BCUT2D eigenvalue weighted by Gasteiger charge is -2.43. The van der Waals surface area contributed by atoms with Gasteiger partial charge in [0.15, 0.2) is 0 Å². The smallest absolute Gasteiger partial charge is 0.0903 e. The zero-order chi connectivity index (χ0) is 18.4. The summed E-state index contributed by atoms with van der Waals surface area (Å²) in [6, 6.07) is 21.0. The Hall–Kier alpha value is -1.90. The van der Waals surface area contributed by atoms with Gasteiger partial charge in [0.25, 0.3) is 0 Å². The third-order valence-electron chi connectivity index (χ3n) is 5.59. The summed E-state index contributed by atoms with van der Waals surface area (Å²) in [5, 5.41) is 11.9. The lowest BCUT2D eigenvalue weighted by Crippen LogP contribution is -2.47. The molecular formula is C24H31NO. The van der Waals surface area contributed by atoms with E-state index in [0.29, 0.717) is 0 Å². The van der Waals surface area contributed by atoms with Gasteiger partial charge in [-0.3, -0.25) is 0 Å². The van der Waals surface area contributed by atoms with Gasteiger partial charge < -0.3 is 10.0 Å². The molecule has 0 aromatic heterocycles. The SMILES string of the molecule is CN(C)CC1CCC/C(=C/c2ccccc2)C1(O)CCc1ccccc1. The molecule has 1 fully saturated rings. The molecule has 0 bridgehead atoms. The van der Waals surface area contributed by atoms with E-state index >= 15 is 0 Å². The number of aryl methyl sites for hydroxylation is 1. The van der Waals surface area contributed by atoms with Crippen molar-refractivity contribution in [2.24, 2.45) is 5.92 Å². The summed E-state index contributed by atoms with van der Waals surface area (Å²) in [6.07, 6.45) is 7.17. The maximum atomic E-state index is 11.9. The van der Waals surface area contributed by atoms with E-state index in [9.17, 15) is 5.11 Å². The molecule has 0 saturated heterocycles. The van der Waals surface area contributed by atoms with Crippen molar-refractivity contribution < 1.29 is 5.11 Å². The van der Waals surface area contributed by atoms with E-state index in [0.717, 1.165) is 38.6 Å². The quantitative estimate of drug-likeness (QED) is 0.810. The Kier molecular flexibility index (Phi) is 6.29. The van der Waals surface area contributed by atoms with Gasteiger partial charge in [0.05, 0.1) is 5.60 Å². The molecule has 2 nitrogen and oxygen atoms in total. The highest BCUT2D eigenvalue weighted by atomic mass is 16.3. The molecule has 3 rings (SSSR count). The van der Waals surface area contributed by atoms with Crippen molar-refractivity contribution in [3.8, 4) is 0 Å². The second kappa shape index (κ2) is 8.66. The van der Waals surface area contributed by atoms with Crippen LogP contribution in [0.1, 0.15) is 36.8 Å². The van der Waals surface area contributed by atoms with Gasteiger partial charge in [0.2, 0.25) is 0 Å². The number of hydrogen-bond donors (Lipinski definition) is 1. The van der Waals surface area contributed by atoms with Crippen LogP contribution in [0.3, 0.4) is 0 Å². The molecule has 2 aromatic carbocycles. The van der Waals surface area contributed by atoms with E-state index in [1.165, 1.54) is 16.7 Å². The van der Waals surface area contributed by atoms with Crippen LogP contribution in [0.5, 0.6) is 0 Å². The zero-order valence-electron chi connectivity index (χ0n) is 16.1. The average molecular weight is 350 g/mol. The molecule has 26 heavy (non-hydrogen) atoms. The van der Waals surface area contributed by atoms with Crippen molar-refractivity contribution >= 4 is 6.08 Å². The fraction of sp³-hybridized carbons (Fsp3) is 0.417. The van der Waals surface area contributed by atoms with Gasteiger partial charge in [-0.1, -0.05) is 66.7 Å². The van der Waals surface area contributed by atoms with Gasteiger partial charge in [0.1, 0.15) is 0 Å². The number of hydrogen-bond acceptors (Lipinski definition) is 2. The largest absolute Gasteiger partial charge is 0.385 e. The van der Waals surface area contributed by atoms with E-state index in [1.807, 2.05) is 6.07 Å². The molecule has 1 aliphatic carbocycles. The van der Waals surface area contributed by atoms with Gasteiger partial charge in [-0.2, -0.15) is 0 Å². The van der Waals surface area contributed by atoms with Crippen LogP contribution >= 0.6 is 0 Å². The van der Waals surface area contributed by atoms with Gasteiger partial charge in [-0.05, 0) is 62.9 Å². The van der Waals surface area contributed by atoms with E-state index < -0.39 is 5.60 Å². The summed E-state index contributed by atoms with van der Waals surface area (Å²) in [7, 11) is 4.21. The summed E-state index contributed by atoms with van der Waals surface area (Å²) >= 11 is 0. The van der Waals surface area contributed by atoms with Crippen LogP contribution in [0.4, 0.5) is 0 Å². The molecule has 2 heteroatoms. The Morgan fingerprint density at radius 1 is 1.04 bits per heavy atom. The zero-order valence-corrected chi connectivity index (χ0v) is 16.1. The van der Waals surface area contributed by atoms with E-state index in [1.54, 1.807) is 0 Å². The summed E-state index contributed by atoms with van der Waals surface area (Å²) < 4.78 is 0. The maximum absolute atomic E-state index is 11.9. The van der Waals surface area contributed by atoms with Crippen LogP contribution in [0, 0.1) is 5.92 Å². The Balaban J connectivity index is 1.88. The first-order valence-corrected chi connectivity index (χ1v) is 9.75. The Morgan fingerprint density at radius 3 is 2.35 bits per heavy atom. The Morgan fingerprint density at radius 2 is 1.69 bits per heavy atom. The molecule has 0 amide bonds. The molecule has 0 aliphatic heterocycles. The lowest BCUT2D eigenvalue weighted by atomic mass is 9.68. The van der Waals surface area contributed by atoms with Crippen LogP contribution in [0.2, 0.25) is 0 Å². The normalized spacial score (nSPS) is 24.9. The van der Waals surface area contributed by atoms with Gasteiger partial charge in [0, 0.05) is 12.5 Å². The first-order chi connectivity index (χ1) is 12.6. The van der Waals surface area contributed by atoms with Crippen LogP contribution in [0.25, 0.3) is 6.08 Å². The number of aliphatic hydroxyl groups is 1. The van der Waals surface area contributed by atoms with Crippen molar-refractivity contribution in [3.63, 3.8) is 0 Å². The third-order valence-corrected chi connectivity index (χ3v) is 5.59. The van der Waals surface area contributed by atoms with Crippen molar-refractivity contribution in [1.29, 1.82) is 0 Å². The molecule has 1 aliphatic rings. The molecule has 138 valence electrons. The van der Waals surface area contributed by atoms with Gasteiger partial charge in [-0.15, -0.1) is 0 Å². The maximum Gasteiger partial charge on any atom is 0.0903 e. The minimum atomic E-state index is -0.728. The first kappa shape index (κ1) is 18.9. The fourth-order valence-electron chi connectivity index (χ4n) is 4.23. The third kappa shape index (κ3) is 4.63. The number of benzene rings is 2. The molecular weight excluding hydrogens is 318 g/mol. The summed E-state index contributed by atoms with van der Waals surface area (Å²) in [6.45, 7) is 0.928. The standard InChI is InChI=1S/C24H31NO/c1-25(2)19-23-15-9-14-22(18-21-12-7-4-8-13-21)24(23,26)17-16-20-10-5-3-6-11-20/h3-8,10-13,18,23,26H,9,14-17,19H2,1-2H3/b22-18-. The molecule has 1 N–H and O–H groups in total. The molecule has 1 saturated carbocycles. The Labute approximate surface area is 158 Å². The van der Waals surface area contributed by atoms with Crippen molar-refractivity contribution in [3.05, 3.63) is 77.4 Å². The number of nitrogens with zero attached hydrogens (tertiary/aromatic N) is 1. The van der Waals surface area contributed by atoms with E-state index in [-0.39, 0.29) is 5.92 Å². The second-order valence-electron chi connectivity index (χ2n) is 7.84. The van der Waals surface area contributed by atoms with Crippen LogP contribution in [0.15, 0.2) is 66.2 Å². The van der Waals surface area contributed by atoms with Crippen molar-refractivity contribution in [1.82, 2.24) is 4.90 Å². The molecule has 0 heterocycles. The van der Waals surface area contributed by atoms with E-state index in [4.69, 9.17) is 0 Å². The second-order valence-corrected chi connectivity index (χ2v) is 7.84. The van der Waals surface area contributed by atoms with Crippen molar-refractivity contribution in [2.45, 2.75) is 37.7 Å². The molecule has 0 radical (unpaired) electrons.